The van der Waals surface area contributed by atoms with Gasteiger partial charge in [-0.2, -0.15) is 0 Å². The van der Waals surface area contributed by atoms with Crippen LogP contribution in [0.4, 0.5) is 0 Å². The number of hydrogen-bond donors (Lipinski definition) is 0. The Bertz CT molecular complexity index is 1800. The van der Waals surface area contributed by atoms with Gasteiger partial charge in [-0.3, -0.25) is 4.90 Å². The van der Waals surface area contributed by atoms with Crippen molar-refractivity contribution in [3.05, 3.63) is 191 Å². The highest BCUT2D eigenvalue weighted by Crippen LogP contribution is 2.56. The standard InChI is InChI=1S/C30H29N.C13H10.6C2H6/c1-3-31(4-2)22-23-19-20-29-27(21-23)26-17-11-12-18-28(26)30(29,24-13-7-5-8-14-24)25-15-9-6-10-16-25;1-3-7-12-10(5-1)9-11-6-2-4-8-13(11)12;6*1-2/h5-21H,3-4,22H2,1-2H3;1-8H,9H2;6*1-2H3. The monoisotopic (exact) mass is 750 g/mol. The summed E-state index contributed by atoms with van der Waals surface area (Å²) < 4.78 is 0. The minimum atomic E-state index is -0.290. The smallest absolute Gasteiger partial charge is 0.0713 e. The van der Waals surface area contributed by atoms with E-state index in [1.54, 1.807) is 0 Å². The van der Waals surface area contributed by atoms with Crippen molar-refractivity contribution in [2.24, 2.45) is 0 Å². The van der Waals surface area contributed by atoms with E-state index in [1.165, 1.54) is 61.2 Å². The van der Waals surface area contributed by atoms with E-state index in [0.29, 0.717) is 0 Å². The van der Waals surface area contributed by atoms with Crippen LogP contribution in [-0.2, 0) is 18.4 Å². The van der Waals surface area contributed by atoms with Gasteiger partial charge in [0.2, 0.25) is 0 Å². The maximum absolute atomic E-state index is 2.48. The molecule has 0 unspecified atom stereocenters. The lowest BCUT2D eigenvalue weighted by Crippen LogP contribution is -2.28. The maximum atomic E-state index is 2.48. The van der Waals surface area contributed by atoms with E-state index in [9.17, 15) is 0 Å². The fraction of sp³-hybridized carbons (Fsp3) is 0.345. The molecule has 1 nitrogen and oxygen atoms in total. The first kappa shape index (κ1) is 49.3. The first-order valence-corrected chi connectivity index (χ1v) is 22.0. The molecule has 0 N–H and O–H groups in total. The molecule has 6 aromatic carbocycles. The van der Waals surface area contributed by atoms with Crippen LogP contribution in [0.15, 0.2) is 152 Å². The number of fused-ring (bicyclic) bond motifs is 6. The van der Waals surface area contributed by atoms with Gasteiger partial charge in [-0.1, -0.05) is 243 Å². The van der Waals surface area contributed by atoms with Gasteiger partial charge in [-0.25, -0.2) is 0 Å². The van der Waals surface area contributed by atoms with Gasteiger partial charge < -0.3 is 0 Å². The van der Waals surface area contributed by atoms with Crippen LogP contribution in [0.3, 0.4) is 0 Å². The van der Waals surface area contributed by atoms with Gasteiger partial charge >= 0.3 is 0 Å². The van der Waals surface area contributed by atoms with Crippen molar-refractivity contribution in [2.45, 2.75) is 115 Å². The number of benzene rings is 6. The molecule has 0 spiro atoms. The largest absolute Gasteiger partial charge is 0.300 e. The molecule has 2 aliphatic carbocycles. The molecule has 2 aliphatic rings. The Balaban J connectivity index is 0.000000521. The SMILES string of the molecule is CC.CC.CC.CC.CC.CC.CCN(CC)Cc1ccc2c(c1)-c1ccccc1C2(c1ccccc1)c1ccccc1.c1ccc2c(c1)Cc1ccccc1-2. The molecule has 0 atom stereocenters. The summed E-state index contributed by atoms with van der Waals surface area (Å²) in [6, 6.07) is 55.4. The summed E-state index contributed by atoms with van der Waals surface area (Å²) in [4.78, 5) is 2.48. The zero-order valence-corrected chi connectivity index (χ0v) is 37.7. The Morgan fingerprint density at radius 1 is 0.393 bits per heavy atom. The molecule has 0 aliphatic heterocycles. The van der Waals surface area contributed by atoms with E-state index in [-0.39, 0.29) is 5.41 Å². The van der Waals surface area contributed by atoms with Crippen LogP contribution < -0.4 is 0 Å². The second-order valence-electron chi connectivity index (χ2n) is 11.9. The van der Waals surface area contributed by atoms with Gasteiger partial charge in [0.15, 0.2) is 0 Å². The zero-order valence-electron chi connectivity index (χ0n) is 37.7. The summed E-state index contributed by atoms with van der Waals surface area (Å²) in [6.45, 7) is 31.6. The Kier molecular flexibility index (Phi) is 24.5. The van der Waals surface area contributed by atoms with Crippen LogP contribution in [0.1, 0.15) is 136 Å². The van der Waals surface area contributed by atoms with Crippen molar-refractivity contribution in [1.82, 2.24) is 4.90 Å². The summed E-state index contributed by atoms with van der Waals surface area (Å²) in [5, 5.41) is 0. The van der Waals surface area contributed by atoms with Gasteiger partial charge in [0.1, 0.15) is 0 Å². The zero-order chi connectivity index (χ0) is 41.9. The van der Waals surface area contributed by atoms with Crippen molar-refractivity contribution in [2.75, 3.05) is 13.1 Å². The predicted octanol–water partition coefficient (Wildman–Crippen LogP) is 16.3. The van der Waals surface area contributed by atoms with Crippen molar-refractivity contribution in [3.8, 4) is 22.3 Å². The van der Waals surface area contributed by atoms with Crippen molar-refractivity contribution in [3.63, 3.8) is 0 Å². The maximum Gasteiger partial charge on any atom is 0.0713 e. The van der Waals surface area contributed by atoms with Crippen LogP contribution in [-0.4, -0.2) is 18.0 Å². The van der Waals surface area contributed by atoms with E-state index in [4.69, 9.17) is 0 Å². The van der Waals surface area contributed by atoms with Crippen LogP contribution in [0.25, 0.3) is 22.3 Å². The molecule has 0 saturated carbocycles. The van der Waals surface area contributed by atoms with E-state index in [2.05, 4.69) is 170 Å². The second-order valence-corrected chi connectivity index (χ2v) is 11.9. The quantitative estimate of drug-likeness (QED) is 0.164. The second kappa shape index (κ2) is 27.8. The van der Waals surface area contributed by atoms with Gasteiger partial charge in [0.05, 0.1) is 5.41 Å². The van der Waals surface area contributed by atoms with Gasteiger partial charge in [0, 0.05) is 6.54 Å². The van der Waals surface area contributed by atoms with Gasteiger partial charge in [0.25, 0.3) is 0 Å². The highest BCUT2D eigenvalue weighted by Gasteiger charge is 2.45. The molecule has 0 amide bonds. The third-order valence-electron chi connectivity index (χ3n) is 9.53. The van der Waals surface area contributed by atoms with E-state index in [1.807, 2.05) is 83.1 Å². The van der Waals surface area contributed by atoms with Crippen LogP contribution in [0.5, 0.6) is 0 Å². The normalized spacial score (nSPS) is 11.1. The molecule has 0 fully saturated rings. The molecule has 1 heteroatoms. The van der Waals surface area contributed by atoms with Crippen molar-refractivity contribution in [1.29, 1.82) is 0 Å². The van der Waals surface area contributed by atoms with E-state index in [0.717, 1.165) is 26.1 Å². The molecular weight excluding hydrogens is 675 g/mol. The molecule has 300 valence electrons. The van der Waals surface area contributed by atoms with Gasteiger partial charge in [-0.05, 0) is 86.8 Å². The number of rotatable bonds is 6. The first-order valence-electron chi connectivity index (χ1n) is 22.0. The van der Waals surface area contributed by atoms with Crippen LogP contribution in [0.2, 0.25) is 0 Å². The summed E-state index contributed by atoms with van der Waals surface area (Å²) in [5.74, 6) is 0. The molecule has 0 radical (unpaired) electrons. The molecule has 0 aromatic heterocycles. The Morgan fingerprint density at radius 2 is 0.768 bits per heavy atom. The topological polar surface area (TPSA) is 3.24 Å². The fourth-order valence-corrected chi connectivity index (χ4v) is 7.38. The molecule has 6 aromatic rings. The average molecular weight is 750 g/mol. The Labute approximate surface area is 344 Å². The Morgan fingerprint density at radius 3 is 1.21 bits per heavy atom. The minimum Gasteiger partial charge on any atom is -0.300 e. The lowest BCUT2D eigenvalue weighted by Gasteiger charge is -2.34. The number of nitrogens with zero attached hydrogens (tertiary/aromatic N) is 1. The lowest BCUT2D eigenvalue weighted by atomic mass is 9.67. The molecular formula is C55H75N. The predicted molar refractivity (Wildman–Crippen MR) is 253 cm³/mol. The average Bonchev–Trinajstić information content (AvgIpc) is 3.84. The van der Waals surface area contributed by atoms with E-state index < -0.39 is 0 Å². The highest BCUT2D eigenvalue weighted by atomic mass is 15.1. The highest BCUT2D eigenvalue weighted by molar-refractivity contribution is 5.86. The van der Waals surface area contributed by atoms with Crippen molar-refractivity contribution >= 4 is 0 Å². The third-order valence-corrected chi connectivity index (χ3v) is 9.53. The summed E-state index contributed by atoms with van der Waals surface area (Å²) >= 11 is 0. The van der Waals surface area contributed by atoms with Crippen LogP contribution in [0, 0.1) is 0 Å². The Hall–Kier alpha value is -4.72. The summed E-state index contributed by atoms with van der Waals surface area (Å²) in [6.07, 6.45) is 1.10. The third kappa shape index (κ3) is 11.2. The minimum absolute atomic E-state index is 0.290. The van der Waals surface area contributed by atoms with E-state index >= 15 is 0 Å². The van der Waals surface area contributed by atoms with Gasteiger partial charge in [-0.15, -0.1) is 0 Å². The molecule has 8 rings (SSSR count). The van der Waals surface area contributed by atoms with Crippen molar-refractivity contribution < 1.29 is 0 Å². The molecule has 0 heterocycles. The summed E-state index contributed by atoms with van der Waals surface area (Å²) in [7, 11) is 0. The summed E-state index contributed by atoms with van der Waals surface area (Å²) in [5.41, 5.74) is 15.0. The molecule has 56 heavy (non-hydrogen) atoms. The lowest BCUT2D eigenvalue weighted by molar-refractivity contribution is 0.296. The number of hydrogen-bond acceptors (Lipinski definition) is 1. The molecule has 0 saturated heterocycles. The fourth-order valence-electron chi connectivity index (χ4n) is 7.38. The first-order chi connectivity index (χ1) is 27.7. The van der Waals surface area contributed by atoms with Crippen LogP contribution >= 0.6 is 0 Å². The molecule has 0 bridgehead atoms.